The topological polar surface area (TPSA) is 118 Å². The van der Waals surface area contributed by atoms with E-state index in [-0.39, 0.29) is 30.5 Å². The van der Waals surface area contributed by atoms with E-state index in [1.807, 2.05) is 0 Å². The summed E-state index contributed by atoms with van der Waals surface area (Å²) >= 11 is 3.40. The molecule has 190 valence electrons. The van der Waals surface area contributed by atoms with Crippen LogP contribution < -0.4 is 15.8 Å². The highest BCUT2D eigenvalue weighted by Crippen LogP contribution is 2.24. The number of imide groups is 1. The first-order chi connectivity index (χ1) is 18.4. The Hall–Kier alpha value is -4.57. The minimum Gasteiger partial charge on any atom is -0.493 e. The van der Waals surface area contributed by atoms with E-state index in [1.54, 1.807) is 66.7 Å². The van der Waals surface area contributed by atoms with Crippen molar-refractivity contribution in [3.63, 3.8) is 0 Å². The van der Waals surface area contributed by atoms with Gasteiger partial charge in [0, 0.05) is 22.0 Å². The number of fused-ring (bicyclic) bond motifs is 2. The highest BCUT2D eigenvalue weighted by atomic mass is 79.9. The maximum atomic E-state index is 12.5. The summed E-state index contributed by atoms with van der Waals surface area (Å²) in [5.41, 5.74) is 3.18. The van der Waals surface area contributed by atoms with Gasteiger partial charge in [0.15, 0.2) is 0 Å². The molecule has 38 heavy (non-hydrogen) atoms. The molecule has 0 bridgehead atoms. The first-order valence-corrected chi connectivity index (χ1v) is 12.5. The number of amides is 3. The third-order valence-corrected chi connectivity index (χ3v) is 6.38. The molecule has 0 spiro atoms. The maximum absolute atomic E-state index is 12.5. The second-order valence-corrected chi connectivity index (χ2v) is 9.29. The predicted molar refractivity (Wildman–Crippen MR) is 144 cm³/mol. The largest absolute Gasteiger partial charge is 0.493 e. The van der Waals surface area contributed by atoms with E-state index in [0.29, 0.717) is 39.8 Å². The van der Waals surface area contributed by atoms with Gasteiger partial charge in [-0.2, -0.15) is 5.10 Å². The van der Waals surface area contributed by atoms with E-state index in [1.165, 1.54) is 17.2 Å². The summed E-state index contributed by atoms with van der Waals surface area (Å²) < 4.78 is 11.8. The first-order valence-electron chi connectivity index (χ1n) is 11.7. The molecule has 3 aromatic carbocycles. The Kier molecular flexibility index (Phi) is 7.14. The lowest BCUT2D eigenvalue weighted by atomic mass is 10.1. The number of para-hydroxylation sites is 1. The van der Waals surface area contributed by atoms with E-state index in [2.05, 4.69) is 26.5 Å². The number of carbonyl (C=O) groups is 3. The number of hydrogen-bond acceptors (Lipinski definition) is 7. The van der Waals surface area contributed by atoms with Gasteiger partial charge < -0.3 is 9.15 Å². The molecule has 0 saturated heterocycles. The summed E-state index contributed by atoms with van der Waals surface area (Å²) in [7, 11) is 0. The minimum absolute atomic E-state index is 0.167. The highest BCUT2D eigenvalue weighted by molar-refractivity contribution is 9.10. The van der Waals surface area contributed by atoms with E-state index in [0.717, 1.165) is 4.47 Å². The number of carbonyl (C=O) groups excluding carboxylic acids is 3. The molecule has 0 radical (unpaired) electrons. The summed E-state index contributed by atoms with van der Waals surface area (Å²) in [5, 5.41) is 4.59. The number of rotatable bonds is 8. The van der Waals surface area contributed by atoms with Crippen molar-refractivity contribution in [3.05, 3.63) is 110 Å². The van der Waals surface area contributed by atoms with Gasteiger partial charge in [0.2, 0.25) is 0 Å². The van der Waals surface area contributed by atoms with Crippen LogP contribution in [0, 0.1) is 0 Å². The van der Waals surface area contributed by atoms with Gasteiger partial charge in [0.25, 0.3) is 17.7 Å². The van der Waals surface area contributed by atoms with Crippen LogP contribution in [0.1, 0.15) is 43.1 Å². The van der Waals surface area contributed by atoms with Crippen LogP contribution in [0.3, 0.4) is 0 Å². The molecule has 0 saturated carbocycles. The predicted octanol–water partition coefficient (Wildman–Crippen LogP) is 4.38. The van der Waals surface area contributed by atoms with Gasteiger partial charge in [0.1, 0.15) is 16.9 Å². The molecule has 2 heterocycles. The van der Waals surface area contributed by atoms with Crippen LogP contribution in [0.5, 0.6) is 5.75 Å². The Bertz CT molecular complexity index is 1630. The van der Waals surface area contributed by atoms with Crippen LogP contribution >= 0.6 is 15.9 Å². The summed E-state index contributed by atoms with van der Waals surface area (Å²) in [6.07, 6.45) is 1.82. The molecule has 1 aliphatic heterocycles. The summed E-state index contributed by atoms with van der Waals surface area (Å²) in [5.74, 6) is -0.838. The lowest BCUT2D eigenvalue weighted by molar-refractivity contribution is 0.0646. The summed E-state index contributed by atoms with van der Waals surface area (Å²) in [4.78, 5) is 51.0. The van der Waals surface area contributed by atoms with E-state index >= 15 is 0 Å². The normalized spacial score (nSPS) is 12.8. The first kappa shape index (κ1) is 25.1. The maximum Gasteiger partial charge on any atom is 0.349 e. The number of nitrogens with zero attached hydrogens (tertiary/aromatic N) is 2. The molecule has 1 aliphatic rings. The van der Waals surface area contributed by atoms with Gasteiger partial charge in [-0.05, 0) is 48.9 Å². The van der Waals surface area contributed by atoms with Gasteiger partial charge in [-0.25, -0.2) is 10.2 Å². The molecular formula is C28H20BrN3O6. The number of halogens is 1. The van der Waals surface area contributed by atoms with Crippen molar-refractivity contribution in [2.75, 3.05) is 13.2 Å². The Morgan fingerprint density at radius 3 is 2.45 bits per heavy atom. The summed E-state index contributed by atoms with van der Waals surface area (Å²) in [6, 6.07) is 20.3. The van der Waals surface area contributed by atoms with Crippen molar-refractivity contribution in [3.8, 4) is 5.75 Å². The number of benzene rings is 3. The van der Waals surface area contributed by atoms with Gasteiger partial charge in [-0.1, -0.05) is 46.3 Å². The second-order valence-electron chi connectivity index (χ2n) is 8.38. The number of hydrogen-bond donors (Lipinski definition) is 1. The monoisotopic (exact) mass is 573 g/mol. The van der Waals surface area contributed by atoms with Crippen LogP contribution in [0.15, 0.2) is 91.6 Å². The Morgan fingerprint density at radius 1 is 0.974 bits per heavy atom. The lowest BCUT2D eigenvalue weighted by Gasteiger charge is -2.14. The molecule has 3 amide bonds. The SMILES string of the molecule is O=C(N/N=C/c1cc(Br)ccc1OCCCN1C(=O)c2ccccc2C1=O)c1cc2ccccc2oc1=O. The van der Waals surface area contributed by atoms with E-state index in [9.17, 15) is 19.2 Å². The second kappa shape index (κ2) is 10.8. The lowest BCUT2D eigenvalue weighted by Crippen LogP contribution is -2.31. The van der Waals surface area contributed by atoms with E-state index < -0.39 is 11.5 Å². The van der Waals surface area contributed by atoms with Gasteiger partial charge in [-0.15, -0.1) is 0 Å². The number of hydrazone groups is 1. The zero-order valence-corrected chi connectivity index (χ0v) is 21.4. The molecule has 0 aliphatic carbocycles. The van der Waals surface area contributed by atoms with Crippen LogP contribution in [-0.2, 0) is 0 Å². The minimum atomic E-state index is -0.763. The average Bonchev–Trinajstić information content (AvgIpc) is 3.16. The molecule has 9 nitrogen and oxygen atoms in total. The molecular weight excluding hydrogens is 554 g/mol. The summed E-state index contributed by atoms with van der Waals surface area (Å²) in [6.45, 7) is 0.455. The standard InChI is InChI=1S/C28H20BrN3O6/c29-19-10-11-23(37-13-5-12-32-26(34)20-7-2-3-8-21(20)27(32)35)18(14-19)16-30-31-25(33)22-15-17-6-1-4-9-24(17)38-28(22)36/h1-4,6-11,14-16H,5,12-13H2,(H,31,33)/b30-16+. The molecule has 1 aromatic heterocycles. The van der Waals surface area contributed by atoms with Crippen LogP contribution in [0.2, 0.25) is 0 Å². The average molecular weight is 574 g/mol. The van der Waals surface area contributed by atoms with Crippen molar-refractivity contribution in [1.29, 1.82) is 0 Å². The zero-order chi connectivity index (χ0) is 26.6. The molecule has 10 heteroatoms. The molecule has 4 aromatic rings. The fraction of sp³-hybridized carbons (Fsp3) is 0.107. The van der Waals surface area contributed by atoms with E-state index in [4.69, 9.17) is 9.15 Å². The quantitative estimate of drug-likeness (QED) is 0.110. The van der Waals surface area contributed by atoms with Gasteiger partial charge in [0.05, 0.1) is 23.9 Å². The number of nitrogens with one attached hydrogen (secondary N) is 1. The fourth-order valence-corrected chi connectivity index (χ4v) is 4.42. The molecule has 5 rings (SSSR count). The van der Waals surface area contributed by atoms with Crippen molar-refractivity contribution < 1.29 is 23.5 Å². The fourth-order valence-electron chi connectivity index (χ4n) is 4.04. The van der Waals surface area contributed by atoms with Crippen molar-refractivity contribution in [2.24, 2.45) is 5.10 Å². The Morgan fingerprint density at radius 2 is 1.68 bits per heavy atom. The van der Waals surface area contributed by atoms with Crippen molar-refractivity contribution >= 4 is 50.8 Å². The van der Waals surface area contributed by atoms with Crippen molar-refractivity contribution in [2.45, 2.75) is 6.42 Å². The number of ether oxygens (including phenoxy) is 1. The van der Waals surface area contributed by atoms with Crippen molar-refractivity contribution in [1.82, 2.24) is 10.3 Å². The molecule has 0 atom stereocenters. The van der Waals surface area contributed by atoms with Gasteiger partial charge >= 0.3 is 5.63 Å². The third kappa shape index (κ3) is 5.12. The molecule has 0 fully saturated rings. The molecule has 1 N–H and O–H groups in total. The van der Waals surface area contributed by atoms with Crippen LogP contribution in [0.4, 0.5) is 0 Å². The smallest absolute Gasteiger partial charge is 0.349 e. The molecule has 0 unspecified atom stereocenters. The Balaban J connectivity index is 1.20. The third-order valence-electron chi connectivity index (χ3n) is 5.89. The Labute approximate surface area is 224 Å². The zero-order valence-electron chi connectivity index (χ0n) is 19.8. The highest BCUT2D eigenvalue weighted by Gasteiger charge is 2.34. The van der Waals surface area contributed by atoms with Gasteiger partial charge in [-0.3, -0.25) is 19.3 Å². The van der Waals surface area contributed by atoms with Crippen LogP contribution in [0.25, 0.3) is 11.0 Å². The van der Waals surface area contributed by atoms with Crippen LogP contribution in [-0.4, -0.2) is 42.0 Å².